The highest BCUT2D eigenvalue weighted by Gasteiger charge is 2.43. The van der Waals surface area contributed by atoms with Gasteiger partial charge >= 0.3 is 5.82 Å². The minimum absolute atomic E-state index is 0.185. The fourth-order valence-electron chi connectivity index (χ4n) is 3.78. The van der Waals surface area contributed by atoms with Gasteiger partial charge in [0, 0.05) is 16.0 Å². The van der Waals surface area contributed by atoms with E-state index in [-0.39, 0.29) is 12.1 Å². The van der Waals surface area contributed by atoms with Crippen molar-refractivity contribution in [2.24, 2.45) is 0 Å². The molecule has 3 aromatic rings. The third kappa shape index (κ3) is 2.55. The Balaban J connectivity index is 1.65. The Kier molecular flexibility index (Phi) is 3.89. The summed E-state index contributed by atoms with van der Waals surface area (Å²) in [4.78, 5) is 0. The highest BCUT2D eigenvalue weighted by atomic mass is 79.9. The Hall–Kier alpha value is -1.02. The molecule has 0 amide bonds. The first-order valence-electron chi connectivity index (χ1n) is 7.96. The van der Waals surface area contributed by atoms with E-state index in [1.165, 1.54) is 11.1 Å². The average Bonchev–Trinajstić information content (AvgIpc) is 3.13. The van der Waals surface area contributed by atoms with Gasteiger partial charge in [-0.2, -0.15) is 0 Å². The monoisotopic (exact) mass is 524 g/mol. The van der Waals surface area contributed by atoms with E-state index in [2.05, 4.69) is 82.9 Å². The molecule has 25 heavy (non-hydrogen) atoms. The van der Waals surface area contributed by atoms with Crippen molar-refractivity contribution in [2.75, 3.05) is 0 Å². The van der Waals surface area contributed by atoms with Crippen molar-refractivity contribution in [1.82, 2.24) is 9.78 Å². The van der Waals surface area contributed by atoms with Gasteiger partial charge in [-0.25, -0.2) is 4.57 Å². The molecule has 0 N–H and O–H groups in total. The molecule has 2 atom stereocenters. The van der Waals surface area contributed by atoms with Crippen molar-refractivity contribution < 1.29 is 9.30 Å². The van der Waals surface area contributed by atoms with Crippen LogP contribution in [-0.2, 0) is 17.8 Å². The Morgan fingerprint density at radius 1 is 1.12 bits per heavy atom. The second-order valence-corrected chi connectivity index (χ2v) is 8.92. The molecule has 4 nitrogen and oxygen atoms in total. The van der Waals surface area contributed by atoms with Gasteiger partial charge in [-0.1, -0.05) is 44.9 Å². The van der Waals surface area contributed by atoms with Gasteiger partial charge in [-0.3, -0.25) is 0 Å². The lowest BCUT2D eigenvalue weighted by Crippen LogP contribution is -2.51. The van der Waals surface area contributed by atoms with Crippen molar-refractivity contribution in [1.29, 1.82) is 0 Å². The first-order valence-corrected chi connectivity index (χ1v) is 10.3. The van der Waals surface area contributed by atoms with Crippen molar-refractivity contribution in [3.8, 4) is 5.69 Å². The van der Waals surface area contributed by atoms with Crippen LogP contribution in [0.4, 0.5) is 0 Å². The number of ether oxygens (including phenoxy) is 1. The molecule has 2 aromatic carbocycles. The predicted octanol–water partition coefficient (Wildman–Crippen LogP) is 4.49. The fraction of sp³-hybridized carbons (Fsp3) is 0.222. The van der Waals surface area contributed by atoms with E-state index in [9.17, 15) is 0 Å². The third-order valence-corrected chi connectivity index (χ3v) is 6.51. The zero-order chi connectivity index (χ0) is 17.1. The summed E-state index contributed by atoms with van der Waals surface area (Å²) in [7, 11) is 0. The zero-order valence-electron chi connectivity index (χ0n) is 13.0. The van der Waals surface area contributed by atoms with Crippen molar-refractivity contribution in [3.63, 3.8) is 0 Å². The van der Waals surface area contributed by atoms with Crippen molar-refractivity contribution in [3.05, 3.63) is 73.1 Å². The first-order chi connectivity index (χ1) is 12.1. The van der Waals surface area contributed by atoms with Crippen LogP contribution in [0.2, 0.25) is 0 Å². The number of nitrogens with zero attached hydrogens (tertiary/aromatic N) is 3. The minimum atomic E-state index is 0.185. The lowest BCUT2D eigenvalue weighted by molar-refractivity contribution is -0.739. The summed E-state index contributed by atoms with van der Waals surface area (Å²) < 4.78 is 13.2. The van der Waals surface area contributed by atoms with Crippen LogP contribution in [0, 0.1) is 0 Å². The molecule has 0 saturated carbocycles. The highest BCUT2D eigenvalue weighted by molar-refractivity contribution is 9.11. The molecular weight excluding hydrogens is 514 g/mol. The molecular formula is C18H13Br3N3O+. The van der Waals surface area contributed by atoms with E-state index < -0.39 is 0 Å². The third-order valence-electron chi connectivity index (χ3n) is 4.84. The maximum atomic E-state index is 6.11. The maximum Gasteiger partial charge on any atom is 0.304 e. The highest BCUT2D eigenvalue weighted by Crippen LogP contribution is 2.37. The summed E-state index contributed by atoms with van der Waals surface area (Å²) in [5.74, 6) is 0.944. The second kappa shape index (κ2) is 6.01. The standard InChI is InChI=1S/C18H13Br3N3O/c19-11-6-13(20)18(14(21)7-11)24-9-23-16(22-24)8-25-15-5-10-3-1-2-4-12(10)17(15)23/h1-4,6-7,9,15,17H,5,8H2/q+1/t15-,17+/m1/s1. The number of halogens is 3. The number of fused-ring (bicyclic) bond motifs is 5. The van der Waals surface area contributed by atoms with Gasteiger partial charge in [0.1, 0.15) is 18.8 Å². The largest absolute Gasteiger partial charge is 0.363 e. The molecule has 1 aliphatic heterocycles. The molecule has 0 unspecified atom stereocenters. The molecule has 0 spiro atoms. The van der Waals surface area contributed by atoms with E-state index in [1.54, 1.807) is 0 Å². The zero-order valence-corrected chi connectivity index (χ0v) is 17.8. The van der Waals surface area contributed by atoms with Gasteiger partial charge in [0.25, 0.3) is 0 Å². The predicted molar refractivity (Wildman–Crippen MR) is 104 cm³/mol. The van der Waals surface area contributed by atoms with Gasteiger partial charge in [0.15, 0.2) is 5.69 Å². The number of hydrogen-bond donors (Lipinski definition) is 0. The van der Waals surface area contributed by atoms with Crippen LogP contribution < -0.4 is 4.57 Å². The van der Waals surface area contributed by atoms with Crippen LogP contribution in [-0.4, -0.2) is 15.9 Å². The summed E-state index contributed by atoms with van der Waals surface area (Å²) in [6.45, 7) is 0.536. The quantitative estimate of drug-likeness (QED) is 0.437. The normalized spacial score (nSPS) is 20.9. The van der Waals surface area contributed by atoms with E-state index >= 15 is 0 Å². The molecule has 1 aromatic heterocycles. The number of rotatable bonds is 1. The molecule has 126 valence electrons. The molecule has 0 saturated heterocycles. The summed E-state index contributed by atoms with van der Waals surface area (Å²) in [6, 6.07) is 12.8. The van der Waals surface area contributed by atoms with Gasteiger partial charge in [-0.15, -0.1) is 0 Å². The Morgan fingerprint density at radius 3 is 2.68 bits per heavy atom. The van der Waals surface area contributed by atoms with Crippen LogP contribution in [0.5, 0.6) is 0 Å². The Morgan fingerprint density at radius 2 is 1.88 bits per heavy atom. The molecule has 0 fully saturated rings. The average molecular weight is 527 g/mol. The summed E-state index contributed by atoms with van der Waals surface area (Å²) in [5, 5.41) is 4.79. The lowest BCUT2D eigenvalue weighted by Gasteiger charge is -2.23. The Labute approximate surface area is 170 Å². The van der Waals surface area contributed by atoms with Crippen LogP contribution in [0.15, 0.2) is 56.1 Å². The molecule has 1 aliphatic carbocycles. The molecule has 7 heteroatoms. The van der Waals surface area contributed by atoms with Gasteiger partial charge in [0.2, 0.25) is 6.33 Å². The number of aromatic nitrogens is 3. The van der Waals surface area contributed by atoms with Crippen LogP contribution in [0.3, 0.4) is 0 Å². The topological polar surface area (TPSA) is 30.9 Å². The maximum absolute atomic E-state index is 6.11. The molecule has 0 bridgehead atoms. The fourth-order valence-corrected chi connectivity index (χ4v) is 6.40. The van der Waals surface area contributed by atoms with Gasteiger partial charge in [0.05, 0.1) is 8.95 Å². The summed E-state index contributed by atoms with van der Waals surface area (Å²) >= 11 is 10.8. The SMILES string of the molecule is Brc1cc(Br)c(-n2c[n+]3c(n2)CO[C@@H]2Cc4ccccc4[C@@H]23)c(Br)c1. The first kappa shape index (κ1) is 16.2. The minimum Gasteiger partial charge on any atom is -0.363 e. The van der Waals surface area contributed by atoms with Crippen LogP contribution in [0.1, 0.15) is 23.0 Å². The smallest absolute Gasteiger partial charge is 0.304 e. The van der Waals surface area contributed by atoms with E-state index in [1.807, 2.05) is 16.8 Å². The van der Waals surface area contributed by atoms with Crippen molar-refractivity contribution in [2.45, 2.75) is 25.2 Å². The van der Waals surface area contributed by atoms with Crippen LogP contribution >= 0.6 is 47.8 Å². The van der Waals surface area contributed by atoms with Gasteiger partial charge in [-0.05, 0) is 55.1 Å². The molecule has 2 aliphatic rings. The summed E-state index contributed by atoms with van der Waals surface area (Å²) in [6.07, 6.45) is 3.23. The van der Waals surface area contributed by atoms with Crippen molar-refractivity contribution >= 4 is 47.8 Å². The van der Waals surface area contributed by atoms with E-state index in [4.69, 9.17) is 9.84 Å². The lowest BCUT2D eigenvalue weighted by atomic mass is 10.1. The Bertz CT molecular complexity index is 978. The molecule has 2 heterocycles. The van der Waals surface area contributed by atoms with E-state index in [0.717, 1.165) is 31.4 Å². The summed E-state index contributed by atoms with van der Waals surface area (Å²) in [5.41, 5.74) is 3.69. The molecule has 0 radical (unpaired) electrons. The number of benzene rings is 2. The number of hydrogen-bond acceptors (Lipinski definition) is 2. The van der Waals surface area contributed by atoms with E-state index in [0.29, 0.717) is 6.61 Å². The van der Waals surface area contributed by atoms with Crippen LogP contribution in [0.25, 0.3) is 5.69 Å². The molecule has 5 rings (SSSR count). The van der Waals surface area contributed by atoms with Gasteiger partial charge < -0.3 is 4.74 Å². The second-order valence-electron chi connectivity index (χ2n) is 6.30.